The fourth-order valence-electron chi connectivity index (χ4n) is 0.935. The number of carbonyl (C=O) groups excluding carboxylic acids is 1. The number of nitrogens with one attached hydrogen (secondary N) is 1. The normalized spacial score (nSPS) is 17.8. The van der Waals surface area contributed by atoms with Gasteiger partial charge in [0.05, 0.1) is 0 Å². The molecule has 1 N–H and O–H groups in total. The van der Waals surface area contributed by atoms with Gasteiger partial charge in [0.15, 0.2) is 5.78 Å². The van der Waals surface area contributed by atoms with E-state index in [9.17, 15) is 4.79 Å². The van der Waals surface area contributed by atoms with Crippen molar-refractivity contribution >= 4 is 5.78 Å². The summed E-state index contributed by atoms with van der Waals surface area (Å²) < 4.78 is 0. The van der Waals surface area contributed by atoms with E-state index < -0.39 is 0 Å². The summed E-state index contributed by atoms with van der Waals surface area (Å²) in [6.45, 7) is 0. The Bertz CT molecular complexity index is 257. The maximum Gasteiger partial charge on any atom is 0.159 e. The van der Waals surface area contributed by atoms with Gasteiger partial charge in [0.1, 0.15) is 0 Å². The van der Waals surface area contributed by atoms with Gasteiger partial charge in [-0.15, -0.1) is 0 Å². The average molecular weight is 531 g/mol. The largest absolute Gasteiger partial charge is 0.394 e. The molecular weight excluding hydrogens is 518 g/mol. The van der Waals surface area contributed by atoms with Crippen LogP contribution < -0.4 is 5.32 Å². The van der Waals surface area contributed by atoms with E-state index in [4.69, 9.17) is 0 Å². The van der Waals surface area contributed by atoms with Crippen LogP contribution in [-0.4, -0.2) is 12.8 Å². The number of ketones is 1. The summed E-state index contributed by atoms with van der Waals surface area (Å²) >= 11 is 0. The van der Waals surface area contributed by atoms with Gasteiger partial charge in [0.2, 0.25) is 0 Å². The standard InChI is InChI=1S/C10H13NO.2W/c1-11-8-4-2-3-5-9-6-7-10(9)12;;/h2-5,8,11H,6-7H2,1H3;;. The summed E-state index contributed by atoms with van der Waals surface area (Å²) in [5, 5.41) is 2.87. The Morgan fingerprint density at radius 3 is 2.29 bits per heavy atom. The molecule has 0 aromatic carbocycles. The number of hydrogen-bond donors (Lipinski definition) is 1. The second kappa shape index (κ2) is 9.62. The third kappa shape index (κ3) is 5.72. The van der Waals surface area contributed by atoms with Crippen molar-refractivity contribution in [2.75, 3.05) is 7.05 Å². The summed E-state index contributed by atoms with van der Waals surface area (Å²) in [5.41, 5.74) is 0.948. The van der Waals surface area contributed by atoms with E-state index in [-0.39, 0.29) is 47.9 Å². The Labute approximate surface area is 113 Å². The van der Waals surface area contributed by atoms with Crippen LogP contribution in [0.15, 0.2) is 36.1 Å². The second-order valence-electron chi connectivity index (χ2n) is 2.65. The number of Topliss-reactive ketones (excluding diaryl/α,β-unsaturated/α-hetero) is 1. The molecule has 4 heteroatoms. The molecule has 0 aromatic rings. The van der Waals surface area contributed by atoms with Gasteiger partial charge >= 0.3 is 0 Å². The summed E-state index contributed by atoms with van der Waals surface area (Å²) in [5.74, 6) is 0.289. The van der Waals surface area contributed by atoms with Gasteiger partial charge in [-0.05, 0) is 24.3 Å². The van der Waals surface area contributed by atoms with Crippen LogP contribution in [-0.2, 0) is 46.9 Å². The molecule has 0 amide bonds. The van der Waals surface area contributed by atoms with Gasteiger partial charge in [0, 0.05) is 55.6 Å². The Morgan fingerprint density at radius 1 is 1.14 bits per heavy atom. The monoisotopic (exact) mass is 531 g/mol. The van der Waals surface area contributed by atoms with Crippen LogP contribution >= 0.6 is 0 Å². The van der Waals surface area contributed by atoms with Crippen molar-refractivity contribution in [2.45, 2.75) is 12.8 Å². The smallest absolute Gasteiger partial charge is 0.159 e. The first-order valence-corrected chi connectivity index (χ1v) is 4.07. The zero-order valence-corrected chi connectivity index (χ0v) is 13.9. The molecular formula is C10H13NOW2. The molecule has 1 saturated carbocycles. The quantitative estimate of drug-likeness (QED) is 0.443. The van der Waals surface area contributed by atoms with Gasteiger partial charge in [-0.1, -0.05) is 18.2 Å². The molecule has 0 atom stereocenters. The van der Waals surface area contributed by atoms with Gasteiger partial charge in [-0.3, -0.25) is 4.79 Å². The van der Waals surface area contributed by atoms with Crippen molar-refractivity contribution < 1.29 is 46.9 Å². The van der Waals surface area contributed by atoms with Crippen molar-refractivity contribution in [1.29, 1.82) is 0 Å². The number of allylic oxidation sites excluding steroid dienone is 5. The summed E-state index contributed by atoms with van der Waals surface area (Å²) in [6, 6.07) is 0. The molecule has 14 heavy (non-hydrogen) atoms. The van der Waals surface area contributed by atoms with E-state index in [1.165, 1.54) is 0 Å². The maximum absolute atomic E-state index is 10.8. The molecule has 0 aromatic heterocycles. The van der Waals surface area contributed by atoms with Crippen LogP contribution in [0.25, 0.3) is 0 Å². The van der Waals surface area contributed by atoms with Gasteiger partial charge < -0.3 is 5.32 Å². The molecule has 0 radical (unpaired) electrons. The zero-order chi connectivity index (χ0) is 8.81. The topological polar surface area (TPSA) is 29.1 Å². The van der Waals surface area contributed by atoms with Gasteiger partial charge in [-0.2, -0.15) is 0 Å². The van der Waals surface area contributed by atoms with Crippen LogP contribution in [0.5, 0.6) is 0 Å². The molecule has 76 valence electrons. The molecule has 0 unspecified atom stereocenters. The summed E-state index contributed by atoms with van der Waals surface area (Å²) in [4.78, 5) is 10.8. The maximum atomic E-state index is 10.8. The van der Waals surface area contributed by atoms with Crippen molar-refractivity contribution in [2.24, 2.45) is 0 Å². The van der Waals surface area contributed by atoms with E-state index in [2.05, 4.69) is 5.32 Å². The number of hydrogen-bond acceptors (Lipinski definition) is 2. The minimum absolute atomic E-state index is 0. The minimum Gasteiger partial charge on any atom is -0.394 e. The minimum atomic E-state index is 0. The number of rotatable bonds is 3. The third-order valence-corrected chi connectivity index (χ3v) is 1.76. The summed E-state index contributed by atoms with van der Waals surface area (Å²) in [7, 11) is 1.85. The predicted molar refractivity (Wildman–Crippen MR) is 49.7 cm³/mol. The van der Waals surface area contributed by atoms with Crippen molar-refractivity contribution in [3.05, 3.63) is 36.1 Å². The predicted octanol–water partition coefficient (Wildman–Crippen LogP) is 1.56. The Balaban J connectivity index is 0. The fraction of sp³-hybridized carbons (Fsp3) is 0.300. The fourth-order valence-corrected chi connectivity index (χ4v) is 0.935. The average Bonchev–Trinajstić information content (AvgIpc) is 2.08. The molecule has 1 aliphatic rings. The van der Waals surface area contributed by atoms with Gasteiger partial charge in [-0.25, -0.2) is 0 Å². The van der Waals surface area contributed by atoms with Crippen LogP contribution in [0.4, 0.5) is 0 Å². The van der Waals surface area contributed by atoms with Crippen LogP contribution in [0.1, 0.15) is 12.8 Å². The van der Waals surface area contributed by atoms with E-state index in [0.29, 0.717) is 0 Å². The Morgan fingerprint density at radius 2 is 1.86 bits per heavy atom. The van der Waals surface area contributed by atoms with Crippen molar-refractivity contribution in [3.8, 4) is 0 Å². The van der Waals surface area contributed by atoms with Crippen LogP contribution in [0.2, 0.25) is 0 Å². The van der Waals surface area contributed by atoms with Crippen LogP contribution in [0, 0.1) is 0 Å². The first-order valence-electron chi connectivity index (χ1n) is 4.07. The first kappa shape index (κ1) is 16.5. The van der Waals surface area contributed by atoms with Crippen LogP contribution in [0.3, 0.4) is 0 Å². The van der Waals surface area contributed by atoms with E-state index in [1.807, 2.05) is 37.6 Å². The van der Waals surface area contributed by atoms with E-state index in [1.54, 1.807) is 0 Å². The SMILES string of the molecule is CNC=CC=CC=C1CCC1=O.[W].[W]. The Hall–Kier alpha value is 0.0666. The molecule has 0 spiro atoms. The first-order chi connectivity index (χ1) is 5.84. The molecule has 0 bridgehead atoms. The van der Waals surface area contributed by atoms with Crippen molar-refractivity contribution in [1.82, 2.24) is 5.32 Å². The number of carbonyl (C=O) groups is 1. The molecule has 1 aliphatic carbocycles. The van der Waals surface area contributed by atoms with E-state index in [0.717, 1.165) is 18.4 Å². The Kier molecular flexibility index (Phi) is 11.3. The summed E-state index contributed by atoms with van der Waals surface area (Å²) in [6.07, 6.45) is 11.1. The molecule has 0 saturated heterocycles. The third-order valence-electron chi connectivity index (χ3n) is 1.76. The molecule has 0 heterocycles. The molecule has 0 aliphatic heterocycles. The second-order valence-corrected chi connectivity index (χ2v) is 2.65. The molecule has 1 fully saturated rings. The molecule has 2 nitrogen and oxygen atoms in total. The van der Waals surface area contributed by atoms with E-state index >= 15 is 0 Å². The van der Waals surface area contributed by atoms with Gasteiger partial charge in [0.25, 0.3) is 0 Å². The zero-order valence-electron chi connectivity index (χ0n) is 8.03. The van der Waals surface area contributed by atoms with Crippen molar-refractivity contribution in [3.63, 3.8) is 0 Å². The molecule has 1 rings (SSSR count).